The maximum absolute atomic E-state index is 13.3. The zero-order chi connectivity index (χ0) is 22.7. The summed E-state index contributed by atoms with van der Waals surface area (Å²) < 4.78 is 39.8. The van der Waals surface area contributed by atoms with Gasteiger partial charge in [-0.05, 0) is 23.8 Å². The van der Waals surface area contributed by atoms with Crippen LogP contribution >= 0.6 is 0 Å². The zero-order valence-electron chi connectivity index (χ0n) is 17.2. The number of hydrogen-bond donors (Lipinski definition) is 1. The van der Waals surface area contributed by atoms with Gasteiger partial charge >= 0.3 is 6.18 Å². The monoisotopic (exact) mass is 441 g/mol. The van der Waals surface area contributed by atoms with Crippen LogP contribution in [-0.4, -0.2) is 47.1 Å². The van der Waals surface area contributed by atoms with Crippen molar-refractivity contribution >= 4 is 11.7 Å². The second-order valence-electron chi connectivity index (χ2n) is 7.59. The van der Waals surface area contributed by atoms with Crippen molar-refractivity contribution in [3.05, 3.63) is 95.2 Å². The fraction of sp³-hybridized carbons (Fsp3) is 0.250. The van der Waals surface area contributed by atoms with Gasteiger partial charge in [-0.1, -0.05) is 48.5 Å². The molecule has 1 N–H and O–H groups in total. The Morgan fingerprint density at radius 3 is 2.16 bits per heavy atom. The molecule has 5 nitrogen and oxygen atoms in total. The summed E-state index contributed by atoms with van der Waals surface area (Å²) in [4.78, 5) is 20.6. The van der Waals surface area contributed by atoms with Gasteiger partial charge in [0.15, 0.2) is 0 Å². The van der Waals surface area contributed by atoms with E-state index in [1.807, 2.05) is 35.2 Å². The Morgan fingerprint density at radius 1 is 0.875 bits per heavy atom. The van der Waals surface area contributed by atoms with E-state index in [0.29, 0.717) is 37.6 Å². The van der Waals surface area contributed by atoms with Gasteiger partial charge in [0.05, 0.1) is 11.1 Å². The second kappa shape index (κ2) is 9.00. The van der Waals surface area contributed by atoms with E-state index in [1.54, 1.807) is 18.3 Å². The van der Waals surface area contributed by atoms with Crippen LogP contribution in [0.5, 0.6) is 0 Å². The maximum atomic E-state index is 13.3. The first-order valence-corrected chi connectivity index (χ1v) is 10.2. The van der Waals surface area contributed by atoms with E-state index in [-0.39, 0.29) is 5.56 Å². The van der Waals surface area contributed by atoms with Crippen molar-refractivity contribution in [2.45, 2.75) is 12.3 Å². The first kappa shape index (κ1) is 21.8. The molecule has 2 aromatic carbocycles. The van der Waals surface area contributed by atoms with Gasteiger partial charge in [-0.15, -0.1) is 0 Å². The number of hydrogen-bond acceptors (Lipinski definition) is 4. The standard InChI is InChI=1S/C24H22F3N3O2/c25-24(26,27)20-9-5-4-8-19(20)23(32)30-14-12-29(13-15-30)21-11-10-18(16-28-21)22(31)17-6-2-1-3-7-17/h1-11,16,22,31H,12-15H2. The van der Waals surface area contributed by atoms with Crippen LogP contribution in [0.4, 0.5) is 19.0 Å². The van der Waals surface area contributed by atoms with Gasteiger partial charge in [0.2, 0.25) is 0 Å². The Morgan fingerprint density at radius 2 is 1.53 bits per heavy atom. The van der Waals surface area contributed by atoms with Gasteiger partial charge in [-0.2, -0.15) is 13.2 Å². The summed E-state index contributed by atoms with van der Waals surface area (Å²) in [6.45, 7) is 1.49. The predicted molar refractivity (Wildman–Crippen MR) is 114 cm³/mol. The van der Waals surface area contributed by atoms with Crippen molar-refractivity contribution in [1.29, 1.82) is 0 Å². The smallest absolute Gasteiger partial charge is 0.384 e. The highest BCUT2D eigenvalue weighted by atomic mass is 19.4. The summed E-state index contributed by atoms with van der Waals surface area (Å²) in [5, 5.41) is 10.5. The summed E-state index contributed by atoms with van der Waals surface area (Å²) in [5.41, 5.74) is 0.193. The van der Waals surface area contributed by atoms with Crippen LogP contribution in [0.2, 0.25) is 0 Å². The number of alkyl halides is 3. The van der Waals surface area contributed by atoms with Crippen LogP contribution in [0.25, 0.3) is 0 Å². The number of piperazine rings is 1. The van der Waals surface area contributed by atoms with E-state index in [2.05, 4.69) is 4.98 Å². The van der Waals surface area contributed by atoms with E-state index in [0.717, 1.165) is 11.6 Å². The van der Waals surface area contributed by atoms with Crippen LogP contribution < -0.4 is 4.90 Å². The molecule has 3 aromatic rings. The number of aromatic nitrogens is 1. The molecule has 2 heterocycles. The molecule has 0 spiro atoms. The molecule has 1 aliphatic heterocycles. The molecule has 166 valence electrons. The maximum Gasteiger partial charge on any atom is 0.417 e. The fourth-order valence-corrected chi connectivity index (χ4v) is 3.80. The highest BCUT2D eigenvalue weighted by Gasteiger charge is 2.36. The molecule has 0 aliphatic carbocycles. The number of carbonyl (C=O) groups is 1. The Hall–Kier alpha value is -3.39. The summed E-state index contributed by atoms with van der Waals surface area (Å²) in [6, 6.07) is 17.7. The molecule has 1 aliphatic rings. The third-order valence-electron chi connectivity index (χ3n) is 5.56. The molecule has 1 saturated heterocycles. The Labute approximate surface area is 183 Å². The highest BCUT2D eigenvalue weighted by molar-refractivity contribution is 5.96. The van der Waals surface area contributed by atoms with E-state index in [4.69, 9.17) is 0 Å². The molecule has 1 atom stereocenters. The minimum Gasteiger partial charge on any atom is -0.384 e. The summed E-state index contributed by atoms with van der Waals surface area (Å²) in [6.07, 6.45) is -3.74. The van der Waals surface area contributed by atoms with Crippen LogP contribution in [0.1, 0.15) is 33.2 Å². The number of carbonyl (C=O) groups excluding carboxylic acids is 1. The van der Waals surface area contributed by atoms with Gasteiger partial charge in [-0.25, -0.2) is 4.98 Å². The molecular formula is C24H22F3N3O2. The number of halogens is 3. The molecule has 4 rings (SSSR count). The molecule has 0 saturated carbocycles. The number of anilines is 1. The number of nitrogens with zero attached hydrogens (tertiary/aromatic N) is 3. The lowest BCUT2D eigenvalue weighted by molar-refractivity contribution is -0.138. The topological polar surface area (TPSA) is 56.7 Å². The first-order valence-electron chi connectivity index (χ1n) is 10.2. The molecule has 1 amide bonds. The van der Waals surface area contributed by atoms with Gasteiger partial charge in [-0.3, -0.25) is 4.79 Å². The number of pyridine rings is 1. The van der Waals surface area contributed by atoms with Crippen molar-refractivity contribution in [1.82, 2.24) is 9.88 Å². The third-order valence-corrected chi connectivity index (χ3v) is 5.56. The SMILES string of the molecule is O=C(c1ccccc1C(F)(F)F)N1CCN(c2ccc(C(O)c3ccccc3)cn2)CC1. The van der Waals surface area contributed by atoms with Crippen molar-refractivity contribution < 1.29 is 23.1 Å². The Bertz CT molecular complexity index is 1060. The number of aliphatic hydroxyl groups excluding tert-OH is 1. The molecule has 1 unspecified atom stereocenters. The Kier molecular flexibility index (Phi) is 6.14. The second-order valence-corrected chi connectivity index (χ2v) is 7.59. The van der Waals surface area contributed by atoms with Crippen molar-refractivity contribution in [3.63, 3.8) is 0 Å². The van der Waals surface area contributed by atoms with E-state index >= 15 is 0 Å². The lowest BCUT2D eigenvalue weighted by Crippen LogP contribution is -2.49. The summed E-state index contributed by atoms with van der Waals surface area (Å²) >= 11 is 0. The average Bonchev–Trinajstić information content (AvgIpc) is 2.83. The van der Waals surface area contributed by atoms with Crippen molar-refractivity contribution in [3.8, 4) is 0 Å². The largest absolute Gasteiger partial charge is 0.417 e. The van der Waals surface area contributed by atoms with Gasteiger partial charge < -0.3 is 14.9 Å². The average molecular weight is 441 g/mol. The zero-order valence-corrected chi connectivity index (χ0v) is 17.2. The van der Waals surface area contributed by atoms with E-state index in [1.165, 1.54) is 23.1 Å². The van der Waals surface area contributed by atoms with Gasteiger partial charge in [0, 0.05) is 37.9 Å². The minimum absolute atomic E-state index is 0.293. The molecular weight excluding hydrogens is 419 g/mol. The third kappa shape index (κ3) is 4.60. The minimum atomic E-state index is -4.58. The molecule has 1 fully saturated rings. The molecule has 1 aromatic heterocycles. The van der Waals surface area contributed by atoms with Crippen LogP contribution in [0.3, 0.4) is 0 Å². The first-order chi connectivity index (χ1) is 15.3. The Balaban J connectivity index is 1.41. The van der Waals surface area contributed by atoms with Crippen LogP contribution in [-0.2, 0) is 6.18 Å². The quantitative estimate of drug-likeness (QED) is 0.661. The number of rotatable bonds is 4. The molecule has 0 bridgehead atoms. The van der Waals surface area contributed by atoms with E-state index < -0.39 is 23.8 Å². The van der Waals surface area contributed by atoms with Crippen molar-refractivity contribution in [2.24, 2.45) is 0 Å². The number of benzene rings is 2. The lowest BCUT2D eigenvalue weighted by Gasteiger charge is -2.35. The lowest BCUT2D eigenvalue weighted by atomic mass is 10.0. The predicted octanol–water partition coefficient (Wildman–Crippen LogP) is 4.14. The van der Waals surface area contributed by atoms with Crippen LogP contribution in [0, 0.1) is 0 Å². The number of amides is 1. The van der Waals surface area contributed by atoms with Crippen molar-refractivity contribution in [2.75, 3.05) is 31.1 Å². The summed E-state index contributed by atoms with van der Waals surface area (Å²) in [5.74, 6) is 0.0728. The van der Waals surface area contributed by atoms with Crippen LogP contribution in [0.15, 0.2) is 72.9 Å². The normalized spacial score (nSPS) is 15.5. The van der Waals surface area contributed by atoms with E-state index in [9.17, 15) is 23.1 Å². The number of aliphatic hydroxyl groups is 1. The molecule has 8 heteroatoms. The fourth-order valence-electron chi connectivity index (χ4n) is 3.80. The van der Waals surface area contributed by atoms with Gasteiger partial charge in [0.25, 0.3) is 5.91 Å². The van der Waals surface area contributed by atoms with Gasteiger partial charge in [0.1, 0.15) is 11.9 Å². The highest BCUT2D eigenvalue weighted by Crippen LogP contribution is 2.32. The summed E-state index contributed by atoms with van der Waals surface area (Å²) in [7, 11) is 0. The molecule has 32 heavy (non-hydrogen) atoms. The molecule has 0 radical (unpaired) electrons.